The Balaban J connectivity index is 1.89. The van der Waals surface area contributed by atoms with E-state index in [1.165, 1.54) is 18.1 Å². The van der Waals surface area contributed by atoms with Crippen molar-refractivity contribution in [2.24, 2.45) is 5.73 Å². The van der Waals surface area contributed by atoms with E-state index in [0.717, 1.165) is 18.4 Å². The predicted molar refractivity (Wildman–Crippen MR) is 91.5 cm³/mol. The third kappa shape index (κ3) is 5.07. The molecule has 7 nitrogen and oxygen atoms in total. The number of ether oxygens (including phenoxy) is 2. The molecule has 2 rings (SSSR count). The Hall–Kier alpha value is -2.83. The van der Waals surface area contributed by atoms with Crippen LogP contribution in [-0.4, -0.2) is 49.0 Å². The molecule has 1 aromatic carbocycles. The van der Waals surface area contributed by atoms with Crippen LogP contribution in [-0.2, 0) is 19.1 Å². The molecule has 1 aromatic rings. The molecule has 0 aromatic heterocycles. The van der Waals surface area contributed by atoms with Crippen molar-refractivity contribution in [3.8, 4) is 5.75 Å². The number of esters is 1. The molecule has 25 heavy (non-hydrogen) atoms. The molecule has 1 fully saturated rings. The van der Waals surface area contributed by atoms with E-state index < -0.39 is 30.4 Å². The van der Waals surface area contributed by atoms with Crippen molar-refractivity contribution >= 4 is 23.9 Å². The van der Waals surface area contributed by atoms with Gasteiger partial charge in [-0.3, -0.25) is 9.59 Å². The van der Waals surface area contributed by atoms with Crippen LogP contribution in [0.4, 0.5) is 0 Å². The molecule has 0 spiro atoms. The first-order valence-electron chi connectivity index (χ1n) is 8.09. The van der Waals surface area contributed by atoms with E-state index in [2.05, 4.69) is 0 Å². The lowest BCUT2D eigenvalue weighted by atomic mass is 10.0. The first-order valence-corrected chi connectivity index (χ1v) is 8.09. The normalized spacial score (nSPS) is 17.3. The minimum Gasteiger partial charge on any atom is -0.496 e. The number of piperidine rings is 1. The molecule has 0 aliphatic carbocycles. The van der Waals surface area contributed by atoms with Crippen molar-refractivity contribution in [1.82, 2.24) is 4.90 Å². The lowest BCUT2D eigenvalue weighted by Gasteiger charge is -2.33. The van der Waals surface area contributed by atoms with Crippen LogP contribution >= 0.6 is 0 Å². The zero-order chi connectivity index (χ0) is 18.2. The number of carbonyl (C=O) groups excluding carboxylic acids is 3. The summed E-state index contributed by atoms with van der Waals surface area (Å²) in [5, 5.41) is 0. The number of amides is 2. The van der Waals surface area contributed by atoms with Gasteiger partial charge in [-0.15, -0.1) is 0 Å². The highest BCUT2D eigenvalue weighted by Crippen LogP contribution is 2.19. The van der Waals surface area contributed by atoms with E-state index in [-0.39, 0.29) is 0 Å². The van der Waals surface area contributed by atoms with Gasteiger partial charge >= 0.3 is 5.97 Å². The van der Waals surface area contributed by atoms with Crippen molar-refractivity contribution in [3.05, 3.63) is 35.9 Å². The van der Waals surface area contributed by atoms with Gasteiger partial charge in [-0.2, -0.15) is 0 Å². The fraction of sp³-hybridized carbons (Fsp3) is 0.389. The van der Waals surface area contributed by atoms with Gasteiger partial charge in [-0.25, -0.2) is 4.79 Å². The molecule has 2 N–H and O–H groups in total. The number of nitrogens with zero attached hydrogens (tertiary/aromatic N) is 1. The van der Waals surface area contributed by atoms with E-state index in [9.17, 15) is 14.4 Å². The van der Waals surface area contributed by atoms with Gasteiger partial charge in [0.1, 0.15) is 11.8 Å². The molecule has 1 atom stereocenters. The average molecular weight is 346 g/mol. The fourth-order valence-corrected chi connectivity index (χ4v) is 2.75. The summed E-state index contributed by atoms with van der Waals surface area (Å²) < 4.78 is 10.2. The third-order valence-corrected chi connectivity index (χ3v) is 4.03. The van der Waals surface area contributed by atoms with Crippen LogP contribution in [0.3, 0.4) is 0 Å². The number of nitrogens with two attached hydrogens (primary N) is 1. The van der Waals surface area contributed by atoms with Gasteiger partial charge < -0.3 is 20.1 Å². The minimum atomic E-state index is -0.646. The molecule has 134 valence electrons. The molecular formula is C18H22N2O5. The highest BCUT2D eigenvalue weighted by molar-refractivity contribution is 5.91. The summed E-state index contributed by atoms with van der Waals surface area (Å²) in [5.41, 5.74) is 6.05. The maximum Gasteiger partial charge on any atom is 0.331 e. The summed E-state index contributed by atoms with van der Waals surface area (Å²) in [6, 6.07) is 6.58. The Kier molecular flexibility index (Phi) is 6.56. The van der Waals surface area contributed by atoms with E-state index in [0.29, 0.717) is 18.7 Å². The van der Waals surface area contributed by atoms with Crippen LogP contribution in [0.15, 0.2) is 30.3 Å². The van der Waals surface area contributed by atoms with Crippen LogP contribution < -0.4 is 10.5 Å². The van der Waals surface area contributed by atoms with Gasteiger partial charge in [0.15, 0.2) is 6.61 Å². The molecule has 2 amide bonds. The number of carbonyl (C=O) groups is 3. The maximum atomic E-state index is 12.2. The molecule has 0 radical (unpaired) electrons. The van der Waals surface area contributed by atoms with Crippen molar-refractivity contribution in [2.45, 2.75) is 25.3 Å². The molecule has 0 bridgehead atoms. The lowest BCUT2D eigenvalue weighted by Crippen LogP contribution is -2.51. The topological polar surface area (TPSA) is 98.9 Å². The summed E-state index contributed by atoms with van der Waals surface area (Å²) >= 11 is 0. The lowest BCUT2D eigenvalue weighted by molar-refractivity contribution is -0.151. The van der Waals surface area contributed by atoms with Crippen molar-refractivity contribution < 1.29 is 23.9 Å². The first kappa shape index (κ1) is 18.5. The standard InChI is InChI=1S/C18H22N2O5/c1-24-15-8-3-2-6-13(15)9-10-17(22)25-12-16(21)20-11-5-4-7-14(20)18(19)23/h2-3,6,8-10,14H,4-5,7,11-12H2,1H3,(H2,19,23)/b10-9+/t14-/m0/s1. The third-order valence-electron chi connectivity index (χ3n) is 4.03. The maximum absolute atomic E-state index is 12.2. The highest BCUT2D eigenvalue weighted by Gasteiger charge is 2.30. The number of primary amides is 1. The summed E-state index contributed by atoms with van der Waals surface area (Å²) in [6.45, 7) is 0.0277. The van der Waals surface area contributed by atoms with Crippen molar-refractivity contribution in [1.29, 1.82) is 0 Å². The number of hydrogen-bond donors (Lipinski definition) is 1. The molecule has 1 aliphatic rings. The molecule has 1 heterocycles. The summed E-state index contributed by atoms with van der Waals surface area (Å²) in [7, 11) is 1.54. The monoisotopic (exact) mass is 346 g/mol. The van der Waals surface area contributed by atoms with Gasteiger partial charge in [0.25, 0.3) is 5.91 Å². The van der Waals surface area contributed by atoms with E-state index in [4.69, 9.17) is 15.2 Å². The van der Waals surface area contributed by atoms with E-state index >= 15 is 0 Å². The molecule has 0 unspecified atom stereocenters. The Morgan fingerprint density at radius 2 is 2.04 bits per heavy atom. The number of benzene rings is 1. The number of hydrogen-bond acceptors (Lipinski definition) is 5. The molecule has 0 saturated carbocycles. The van der Waals surface area contributed by atoms with Crippen molar-refractivity contribution in [3.63, 3.8) is 0 Å². The molecule has 1 aliphatic heterocycles. The molecule has 7 heteroatoms. The van der Waals surface area contributed by atoms with Crippen LogP contribution in [0.1, 0.15) is 24.8 Å². The average Bonchev–Trinajstić information content (AvgIpc) is 2.64. The van der Waals surface area contributed by atoms with Gasteiger partial charge in [-0.1, -0.05) is 18.2 Å². The Bertz CT molecular complexity index is 671. The Morgan fingerprint density at radius 1 is 1.28 bits per heavy atom. The SMILES string of the molecule is COc1ccccc1/C=C/C(=O)OCC(=O)N1CCCC[C@H]1C(N)=O. The highest BCUT2D eigenvalue weighted by atomic mass is 16.5. The second-order valence-corrected chi connectivity index (χ2v) is 5.68. The van der Waals surface area contributed by atoms with Crippen molar-refractivity contribution in [2.75, 3.05) is 20.3 Å². The summed E-state index contributed by atoms with van der Waals surface area (Å²) in [6.07, 6.45) is 4.98. The second-order valence-electron chi connectivity index (χ2n) is 5.68. The minimum absolute atomic E-state index is 0.414. The number of para-hydroxylation sites is 1. The second kappa shape index (κ2) is 8.86. The molecular weight excluding hydrogens is 324 g/mol. The van der Waals surface area contributed by atoms with Crippen LogP contribution in [0, 0.1) is 0 Å². The Labute approximate surface area is 146 Å². The smallest absolute Gasteiger partial charge is 0.331 e. The first-order chi connectivity index (χ1) is 12.0. The van der Waals surface area contributed by atoms with Gasteiger partial charge in [0.05, 0.1) is 7.11 Å². The zero-order valence-corrected chi connectivity index (χ0v) is 14.1. The largest absolute Gasteiger partial charge is 0.496 e. The molecule has 1 saturated heterocycles. The van der Waals surface area contributed by atoms with E-state index in [1.54, 1.807) is 18.2 Å². The van der Waals surface area contributed by atoms with Gasteiger partial charge in [0.2, 0.25) is 5.91 Å². The van der Waals surface area contributed by atoms with Crippen LogP contribution in [0.2, 0.25) is 0 Å². The summed E-state index contributed by atoms with van der Waals surface area (Å²) in [4.78, 5) is 36.8. The van der Waals surface area contributed by atoms with Gasteiger partial charge in [0, 0.05) is 18.2 Å². The quantitative estimate of drug-likeness (QED) is 0.615. The zero-order valence-electron chi connectivity index (χ0n) is 14.1. The number of rotatable bonds is 6. The Morgan fingerprint density at radius 3 is 2.76 bits per heavy atom. The summed E-state index contributed by atoms with van der Waals surface area (Å²) in [5.74, 6) is -0.967. The van der Waals surface area contributed by atoms with Crippen LogP contribution in [0.25, 0.3) is 6.08 Å². The number of methoxy groups -OCH3 is 1. The van der Waals surface area contributed by atoms with Gasteiger partial charge in [-0.05, 0) is 31.4 Å². The predicted octanol–water partition coefficient (Wildman–Crippen LogP) is 1.12. The van der Waals surface area contributed by atoms with Crippen LogP contribution in [0.5, 0.6) is 5.75 Å². The van der Waals surface area contributed by atoms with E-state index in [1.807, 2.05) is 12.1 Å². The fourth-order valence-electron chi connectivity index (χ4n) is 2.75. The number of likely N-dealkylation sites (tertiary alicyclic amines) is 1.